The molecule has 4 fully saturated rings. The van der Waals surface area contributed by atoms with Gasteiger partial charge in [0.25, 0.3) is 5.91 Å². The van der Waals surface area contributed by atoms with Crippen LogP contribution in [0.25, 0.3) is 0 Å². The molecule has 0 saturated heterocycles. The van der Waals surface area contributed by atoms with Crippen LogP contribution >= 0.6 is 0 Å². The molecule has 0 radical (unpaired) electrons. The third-order valence-electron chi connectivity index (χ3n) is 8.56. The van der Waals surface area contributed by atoms with Gasteiger partial charge in [-0.3, -0.25) is 4.79 Å². The smallest absolute Gasteiger partial charge is 0.252 e. The van der Waals surface area contributed by atoms with E-state index in [9.17, 15) is 15.0 Å². The lowest BCUT2D eigenvalue weighted by molar-refractivity contribution is -0.0622. The number of hydrogen-bond donors (Lipinski definition) is 4. The molecule has 4 aliphatic carbocycles. The lowest BCUT2D eigenvalue weighted by Crippen LogP contribution is -2.46. The van der Waals surface area contributed by atoms with Crippen molar-refractivity contribution >= 4 is 5.91 Å². The van der Waals surface area contributed by atoms with Gasteiger partial charge in [-0.15, -0.1) is 0 Å². The molecular weight excluding hydrogens is 440 g/mol. The van der Waals surface area contributed by atoms with E-state index in [0.29, 0.717) is 24.1 Å². The van der Waals surface area contributed by atoms with Gasteiger partial charge < -0.3 is 26.0 Å². The summed E-state index contributed by atoms with van der Waals surface area (Å²) in [5, 5.41) is 23.4. The fourth-order valence-corrected chi connectivity index (χ4v) is 7.32. The van der Waals surface area contributed by atoms with E-state index < -0.39 is 12.0 Å². The Morgan fingerprint density at radius 1 is 1.09 bits per heavy atom. The van der Waals surface area contributed by atoms with Gasteiger partial charge in [-0.1, -0.05) is 18.2 Å². The Hall–Kier alpha value is -2.57. The maximum atomic E-state index is 11.4. The van der Waals surface area contributed by atoms with Crippen LogP contribution in [0.2, 0.25) is 0 Å². The lowest BCUT2D eigenvalue weighted by atomic mass is 9.49. The minimum Gasteiger partial charge on any atom is -0.507 e. The first kappa shape index (κ1) is 24.1. The Morgan fingerprint density at radius 2 is 1.80 bits per heavy atom. The summed E-state index contributed by atoms with van der Waals surface area (Å²) in [5.41, 5.74) is 7.57. The molecule has 4 saturated carbocycles. The highest BCUT2D eigenvalue weighted by atomic mass is 16.5. The summed E-state index contributed by atoms with van der Waals surface area (Å²) < 4.78 is 6.21. The van der Waals surface area contributed by atoms with Gasteiger partial charge in [0.15, 0.2) is 0 Å². The summed E-state index contributed by atoms with van der Waals surface area (Å²) in [6.45, 7) is 1.85. The summed E-state index contributed by atoms with van der Waals surface area (Å²) in [7, 11) is 0. The van der Waals surface area contributed by atoms with Crippen molar-refractivity contribution in [2.24, 2.45) is 28.9 Å². The molecule has 2 aromatic rings. The van der Waals surface area contributed by atoms with Crippen molar-refractivity contribution in [2.75, 3.05) is 19.7 Å². The number of aliphatic hydroxyl groups excluding tert-OH is 1. The molecule has 0 unspecified atom stereocenters. The zero-order chi connectivity index (χ0) is 24.4. The van der Waals surface area contributed by atoms with E-state index >= 15 is 0 Å². The molecule has 1 amide bonds. The quantitative estimate of drug-likeness (QED) is 0.360. The first-order valence-corrected chi connectivity index (χ1v) is 13.1. The van der Waals surface area contributed by atoms with Gasteiger partial charge in [0.1, 0.15) is 11.5 Å². The van der Waals surface area contributed by atoms with E-state index in [4.69, 9.17) is 10.5 Å². The number of primary amides is 1. The number of amides is 1. The van der Waals surface area contributed by atoms with E-state index in [-0.39, 0.29) is 11.3 Å². The number of phenols is 1. The van der Waals surface area contributed by atoms with Crippen molar-refractivity contribution in [2.45, 2.75) is 57.5 Å². The second kappa shape index (κ2) is 10.2. The number of ether oxygens (including phenoxy) is 1. The average Bonchev–Trinajstić information content (AvgIpc) is 2.81. The Balaban J connectivity index is 1.06. The molecule has 4 aliphatic rings. The van der Waals surface area contributed by atoms with Crippen molar-refractivity contribution in [1.29, 1.82) is 0 Å². The van der Waals surface area contributed by atoms with Crippen LogP contribution in [0.4, 0.5) is 0 Å². The second-order valence-corrected chi connectivity index (χ2v) is 11.3. The van der Waals surface area contributed by atoms with Crippen LogP contribution in [0.15, 0.2) is 42.5 Å². The van der Waals surface area contributed by atoms with Crippen molar-refractivity contribution in [3.63, 3.8) is 0 Å². The molecule has 6 nitrogen and oxygen atoms in total. The Morgan fingerprint density at radius 3 is 2.49 bits per heavy atom. The highest BCUT2D eigenvalue weighted by Gasteiger charge is 2.50. The molecule has 4 bridgehead atoms. The number of carbonyl (C=O) groups excluding carboxylic acids is 1. The summed E-state index contributed by atoms with van der Waals surface area (Å²) in [5.74, 6) is 2.99. The number of carbonyl (C=O) groups is 1. The SMILES string of the molecule is NC(=O)c1cc([C@@H](O)CNCCc2cccc(OCCC34CC5CC(CC(C5)C3)C4)c2)ccc1O. The fourth-order valence-electron chi connectivity index (χ4n) is 7.32. The van der Waals surface area contributed by atoms with Gasteiger partial charge >= 0.3 is 0 Å². The second-order valence-electron chi connectivity index (χ2n) is 11.3. The first-order valence-electron chi connectivity index (χ1n) is 13.1. The standard InChI is InChI=1S/C29H38N2O4/c30-28(34)25-14-23(4-5-26(25)32)27(33)18-31-8-6-19-2-1-3-24(13-19)35-9-7-29-15-20-10-21(16-29)12-22(11-20)17-29/h1-5,13-14,20-22,27,31-33H,6-12,15-18H2,(H2,30,34)/t20?,21?,22?,27-,29?/m0/s1. The lowest BCUT2D eigenvalue weighted by Gasteiger charge is -2.57. The van der Waals surface area contributed by atoms with Gasteiger partial charge in [0.05, 0.1) is 18.3 Å². The van der Waals surface area contributed by atoms with E-state index in [2.05, 4.69) is 17.4 Å². The molecule has 0 spiro atoms. The molecular formula is C29H38N2O4. The molecule has 1 atom stereocenters. The maximum absolute atomic E-state index is 11.4. The Labute approximate surface area is 207 Å². The summed E-state index contributed by atoms with van der Waals surface area (Å²) in [6.07, 6.45) is 9.93. The maximum Gasteiger partial charge on any atom is 0.252 e. The summed E-state index contributed by atoms with van der Waals surface area (Å²) in [6, 6.07) is 12.7. The number of hydrogen-bond acceptors (Lipinski definition) is 5. The van der Waals surface area contributed by atoms with E-state index in [0.717, 1.165) is 36.5 Å². The number of rotatable bonds is 11. The third kappa shape index (κ3) is 5.65. The topological polar surface area (TPSA) is 105 Å². The molecule has 6 rings (SSSR count). The van der Waals surface area contributed by atoms with E-state index in [1.54, 1.807) is 6.07 Å². The first-order chi connectivity index (χ1) is 16.9. The summed E-state index contributed by atoms with van der Waals surface area (Å²) in [4.78, 5) is 11.4. The predicted octanol–water partition coefficient (Wildman–Crippen LogP) is 4.34. The normalized spacial score (nSPS) is 27.6. The highest BCUT2D eigenvalue weighted by molar-refractivity contribution is 5.95. The Kier molecular flexibility index (Phi) is 7.03. The van der Waals surface area contributed by atoms with E-state index in [1.165, 1.54) is 62.6 Å². The molecule has 6 heteroatoms. The van der Waals surface area contributed by atoms with Crippen molar-refractivity contribution in [3.05, 3.63) is 59.2 Å². The van der Waals surface area contributed by atoms with Crippen molar-refractivity contribution in [1.82, 2.24) is 5.32 Å². The van der Waals surface area contributed by atoms with Crippen molar-refractivity contribution < 1.29 is 19.7 Å². The molecule has 5 N–H and O–H groups in total. The largest absolute Gasteiger partial charge is 0.507 e. The zero-order valence-electron chi connectivity index (χ0n) is 20.4. The predicted molar refractivity (Wildman–Crippen MR) is 135 cm³/mol. The van der Waals surface area contributed by atoms with E-state index in [1.807, 2.05) is 12.1 Å². The number of nitrogens with two attached hydrogens (primary N) is 1. The fraction of sp³-hybridized carbons (Fsp3) is 0.552. The molecule has 0 heterocycles. The number of aliphatic hydroxyl groups is 1. The number of nitrogens with one attached hydrogen (secondary N) is 1. The van der Waals surface area contributed by atoms with Crippen LogP contribution in [0.3, 0.4) is 0 Å². The van der Waals surface area contributed by atoms with Crippen LogP contribution in [0, 0.1) is 23.2 Å². The Bertz CT molecular complexity index is 1020. The highest BCUT2D eigenvalue weighted by Crippen LogP contribution is 2.61. The number of benzene rings is 2. The minimum absolute atomic E-state index is 0.0153. The van der Waals surface area contributed by atoms with Crippen LogP contribution in [0.5, 0.6) is 11.5 Å². The van der Waals surface area contributed by atoms with Gasteiger partial charge in [-0.05, 0) is 116 Å². The summed E-state index contributed by atoms with van der Waals surface area (Å²) >= 11 is 0. The van der Waals surface area contributed by atoms with Crippen LogP contribution in [-0.2, 0) is 6.42 Å². The minimum atomic E-state index is -0.798. The van der Waals surface area contributed by atoms with Crippen molar-refractivity contribution in [3.8, 4) is 11.5 Å². The molecule has 0 aliphatic heterocycles. The average molecular weight is 479 g/mol. The molecule has 35 heavy (non-hydrogen) atoms. The molecule has 188 valence electrons. The van der Waals surface area contributed by atoms with Gasteiger partial charge in [-0.25, -0.2) is 0 Å². The van der Waals surface area contributed by atoms with Gasteiger partial charge in [0, 0.05) is 6.54 Å². The third-order valence-corrected chi connectivity index (χ3v) is 8.56. The number of aromatic hydroxyl groups is 1. The van der Waals surface area contributed by atoms with Crippen LogP contribution in [-0.4, -0.2) is 35.8 Å². The van der Waals surface area contributed by atoms with Crippen LogP contribution in [0.1, 0.15) is 72.5 Å². The molecule has 2 aromatic carbocycles. The zero-order valence-corrected chi connectivity index (χ0v) is 20.4. The molecule has 0 aromatic heterocycles. The monoisotopic (exact) mass is 478 g/mol. The van der Waals surface area contributed by atoms with Crippen LogP contribution < -0.4 is 15.8 Å². The van der Waals surface area contributed by atoms with Gasteiger partial charge in [0.2, 0.25) is 0 Å². The van der Waals surface area contributed by atoms with Gasteiger partial charge in [-0.2, -0.15) is 0 Å².